The van der Waals surface area contributed by atoms with Crippen molar-refractivity contribution >= 4 is 40.0 Å². The van der Waals surface area contributed by atoms with Crippen molar-refractivity contribution in [2.24, 2.45) is 11.8 Å². The molecule has 30 heavy (non-hydrogen) atoms. The molecule has 2 fully saturated rings. The molecule has 1 heterocycles. The van der Waals surface area contributed by atoms with E-state index in [2.05, 4.69) is 20.8 Å². The molecule has 9 heteroatoms. The lowest BCUT2D eigenvalue weighted by Gasteiger charge is -2.21. The summed E-state index contributed by atoms with van der Waals surface area (Å²) in [6, 6.07) is 7.27. The summed E-state index contributed by atoms with van der Waals surface area (Å²) in [7, 11) is 0. The molecule has 0 spiro atoms. The second kappa shape index (κ2) is 7.75. The molecule has 2 aromatic carbocycles. The fourth-order valence-electron chi connectivity index (χ4n) is 4.55. The smallest absolute Gasteiger partial charge is 0.315 e. The van der Waals surface area contributed by atoms with Gasteiger partial charge in [-0.05, 0) is 84.0 Å². The quantitative estimate of drug-likeness (QED) is 0.394. The topological polar surface area (TPSA) is 63.0 Å². The maximum Gasteiger partial charge on any atom is 0.315 e. The van der Waals surface area contributed by atoms with Gasteiger partial charge in [-0.3, -0.25) is 0 Å². The third-order valence-electron chi connectivity index (χ3n) is 5.99. The zero-order chi connectivity index (χ0) is 20.8. The van der Waals surface area contributed by atoms with Crippen molar-refractivity contribution in [2.45, 2.75) is 31.7 Å². The largest absolute Gasteiger partial charge is 0.403 e. The fourth-order valence-corrected chi connectivity index (χ4v) is 5.00. The Kier molecular flexibility index (Phi) is 5.08. The zero-order valence-corrected chi connectivity index (χ0v) is 17.9. The second-order valence-electron chi connectivity index (χ2n) is 7.87. The number of hydrogen-bond acceptors (Lipinski definition) is 5. The van der Waals surface area contributed by atoms with E-state index in [4.69, 9.17) is 4.42 Å². The molecule has 2 aliphatic rings. The first-order chi connectivity index (χ1) is 14.5. The molecule has 156 valence electrons. The number of aromatic nitrogens is 2. The number of halogens is 4. The predicted molar refractivity (Wildman–Crippen MR) is 115 cm³/mol. The van der Waals surface area contributed by atoms with E-state index >= 15 is 0 Å². The second-order valence-corrected chi connectivity index (χ2v) is 9.12. The summed E-state index contributed by atoms with van der Waals surface area (Å²) in [6.45, 7) is 0. The van der Waals surface area contributed by atoms with E-state index in [-0.39, 0.29) is 28.8 Å². The van der Waals surface area contributed by atoms with Crippen molar-refractivity contribution in [2.75, 3.05) is 10.6 Å². The van der Waals surface area contributed by atoms with Crippen molar-refractivity contribution in [3.05, 3.63) is 51.4 Å². The third-order valence-corrected chi connectivity index (χ3v) is 6.66. The van der Waals surface area contributed by atoms with Gasteiger partial charge in [-0.25, -0.2) is 13.2 Å². The highest BCUT2D eigenvalue weighted by molar-refractivity contribution is 14.1. The lowest BCUT2D eigenvalue weighted by atomic mass is 9.96. The molecule has 5 nitrogen and oxygen atoms in total. The normalized spacial score (nSPS) is 22.5. The Hall–Kier alpha value is -2.30. The number of fused-ring (bicyclic) bond motifs is 2. The van der Waals surface area contributed by atoms with Crippen LogP contribution in [-0.2, 0) is 0 Å². The molecular weight excluding hydrogens is 508 g/mol. The van der Waals surface area contributed by atoms with Crippen LogP contribution >= 0.6 is 22.6 Å². The Morgan fingerprint density at radius 1 is 1.00 bits per heavy atom. The maximum absolute atomic E-state index is 14.6. The molecular formula is C21H18F3IN4O. The van der Waals surface area contributed by atoms with Gasteiger partial charge in [0.25, 0.3) is 5.89 Å². The molecule has 3 atom stereocenters. The van der Waals surface area contributed by atoms with E-state index < -0.39 is 17.5 Å². The highest BCUT2D eigenvalue weighted by atomic mass is 127. The van der Waals surface area contributed by atoms with Crippen LogP contribution in [0.3, 0.4) is 0 Å². The van der Waals surface area contributed by atoms with E-state index in [0.717, 1.165) is 18.4 Å². The van der Waals surface area contributed by atoms with Crippen LogP contribution in [0.2, 0.25) is 0 Å². The Morgan fingerprint density at radius 3 is 2.60 bits per heavy atom. The first kappa shape index (κ1) is 19.7. The summed E-state index contributed by atoms with van der Waals surface area (Å²) in [6.07, 6.45) is 4.77. The van der Waals surface area contributed by atoms with Gasteiger partial charge in [0.15, 0.2) is 11.6 Å². The Labute approximate surface area is 184 Å². The molecule has 0 amide bonds. The predicted octanol–water partition coefficient (Wildman–Crippen LogP) is 6.10. The molecule has 0 radical (unpaired) electrons. The van der Waals surface area contributed by atoms with Gasteiger partial charge in [-0.15, -0.1) is 5.10 Å². The van der Waals surface area contributed by atoms with Gasteiger partial charge in [-0.2, -0.15) is 0 Å². The lowest BCUT2D eigenvalue weighted by molar-refractivity contribution is 0.428. The van der Waals surface area contributed by atoms with Crippen molar-refractivity contribution in [1.82, 2.24) is 10.2 Å². The van der Waals surface area contributed by atoms with Crippen LogP contribution in [0.15, 0.2) is 34.7 Å². The maximum atomic E-state index is 14.6. The number of benzene rings is 2. The first-order valence-corrected chi connectivity index (χ1v) is 10.9. The monoisotopic (exact) mass is 526 g/mol. The van der Waals surface area contributed by atoms with E-state index in [0.29, 0.717) is 15.5 Å². The molecule has 2 saturated carbocycles. The van der Waals surface area contributed by atoms with Crippen LogP contribution in [0.25, 0.3) is 11.5 Å². The Morgan fingerprint density at radius 2 is 1.87 bits per heavy atom. The Balaban J connectivity index is 1.44. The summed E-state index contributed by atoms with van der Waals surface area (Å²) >= 11 is 1.97. The van der Waals surface area contributed by atoms with E-state index in [9.17, 15) is 13.2 Å². The molecule has 5 rings (SSSR count). The Bertz CT molecular complexity index is 1110. The molecule has 3 aromatic rings. The zero-order valence-electron chi connectivity index (χ0n) is 15.8. The average molecular weight is 526 g/mol. The van der Waals surface area contributed by atoms with Crippen molar-refractivity contribution in [3.8, 4) is 11.5 Å². The third kappa shape index (κ3) is 3.63. The molecule has 2 aliphatic carbocycles. The van der Waals surface area contributed by atoms with Gasteiger partial charge in [0.2, 0.25) is 0 Å². The van der Waals surface area contributed by atoms with Gasteiger partial charge in [0.05, 0.1) is 16.9 Å². The SMILES string of the molecule is Fc1cc(I)ccc1Nc1c(-c2nnc(NC3CC4CCC3C4)o2)ccc(F)c1F. The summed E-state index contributed by atoms with van der Waals surface area (Å²) in [5.41, 5.74) is -0.0911. The number of nitrogens with zero attached hydrogens (tertiary/aromatic N) is 2. The van der Waals surface area contributed by atoms with Crippen LogP contribution in [-0.4, -0.2) is 16.2 Å². The van der Waals surface area contributed by atoms with Gasteiger partial charge in [0, 0.05) is 9.61 Å². The minimum absolute atomic E-state index is 0.0148. The summed E-state index contributed by atoms with van der Waals surface area (Å²) in [5.74, 6) is -1.41. The molecule has 2 N–H and O–H groups in total. The molecule has 0 aliphatic heterocycles. The van der Waals surface area contributed by atoms with Gasteiger partial charge < -0.3 is 15.1 Å². The molecule has 2 bridgehead atoms. The van der Waals surface area contributed by atoms with Crippen LogP contribution < -0.4 is 10.6 Å². The van der Waals surface area contributed by atoms with Crippen LogP contribution in [0.5, 0.6) is 0 Å². The number of anilines is 3. The van der Waals surface area contributed by atoms with Crippen LogP contribution in [0.1, 0.15) is 25.7 Å². The minimum Gasteiger partial charge on any atom is -0.403 e. The van der Waals surface area contributed by atoms with Crippen LogP contribution in [0.4, 0.5) is 30.6 Å². The summed E-state index contributed by atoms with van der Waals surface area (Å²) in [4.78, 5) is 0. The van der Waals surface area contributed by atoms with Gasteiger partial charge in [-0.1, -0.05) is 11.5 Å². The minimum atomic E-state index is -1.15. The van der Waals surface area contributed by atoms with Gasteiger partial charge in [0.1, 0.15) is 5.82 Å². The number of rotatable bonds is 5. The van der Waals surface area contributed by atoms with E-state index in [1.54, 1.807) is 6.07 Å². The first-order valence-electron chi connectivity index (χ1n) is 9.78. The average Bonchev–Trinajstić information content (AvgIpc) is 3.45. The fraction of sp³-hybridized carbons (Fsp3) is 0.333. The molecule has 3 unspecified atom stereocenters. The van der Waals surface area contributed by atoms with Gasteiger partial charge >= 0.3 is 6.01 Å². The molecule has 1 aromatic heterocycles. The summed E-state index contributed by atoms with van der Waals surface area (Å²) in [5, 5.41) is 13.9. The highest BCUT2D eigenvalue weighted by Gasteiger charge is 2.40. The summed E-state index contributed by atoms with van der Waals surface area (Å²) < 4.78 is 49.2. The van der Waals surface area contributed by atoms with Crippen molar-refractivity contribution in [3.63, 3.8) is 0 Å². The van der Waals surface area contributed by atoms with Crippen molar-refractivity contribution in [1.29, 1.82) is 0 Å². The lowest BCUT2D eigenvalue weighted by Crippen LogP contribution is -2.25. The highest BCUT2D eigenvalue weighted by Crippen LogP contribution is 2.45. The molecule has 0 saturated heterocycles. The van der Waals surface area contributed by atoms with E-state index in [1.165, 1.54) is 37.5 Å². The number of nitrogens with one attached hydrogen (secondary N) is 2. The standard InChI is InChI=1S/C21H18F3IN4O/c22-14-5-4-13(19(18(14)24)26-16-6-3-12(25)9-15(16)23)20-28-29-21(30-20)27-17-8-10-1-2-11(17)7-10/h3-6,9-11,17,26H,1-2,7-8H2,(H,27,29). The van der Waals surface area contributed by atoms with E-state index in [1.807, 2.05) is 22.6 Å². The van der Waals surface area contributed by atoms with Crippen LogP contribution in [0, 0.1) is 32.9 Å². The number of hydrogen-bond donors (Lipinski definition) is 2. The van der Waals surface area contributed by atoms with Crippen molar-refractivity contribution < 1.29 is 17.6 Å².